The van der Waals surface area contributed by atoms with Gasteiger partial charge in [-0.05, 0) is 32.8 Å². The van der Waals surface area contributed by atoms with Crippen LogP contribution in [0.3, 0.4) is 0 Å². The number of nitrogens with zero attached hydrogens (tertiary/aromatic N) is 3. The molecule has 0 radical (unpaired) electrons. The van der Waals surface area contributed by atoms with Crippen molar-refractivity contribution < 1.29 is 9.59 Å². The number of aromatic amines is 1. The molecule has 3 rings (SSSR count). The Morgan fingerprint density at radius 1 is 1.10 bits per heavy atom. The third-order valence-electron chi connectivity index (χ3n) is 4.62. The zero-order chi connectivity index (χ0) is 21.8. The van der Waals surface area contributed by atoms with Gasteiger partial charge in [-0.25, -0.2) is 4.98 Å². The largest absolute Gasteiger partial charge is 0.344 e. The molecule has 3 aromatic rings. The van der Waals surface area contributed by atoms with Gasteiger partial charge in [-0.15, -0.1) is 0 Å². The smallest absolute Gasteiger partial charge is 0.314 e. The zero-order valence-electron chi connectivity index (χ0n) is 17.4. The number of H-pyrrole nitrogens is 1. The van der Waals surface area contributed by atoms with E-state index in [1.54, 1.807) is 19.9 Å². The van der Waals surface area contributed by atoms with Crippen LogP contribution in [-0.4, -0.2) is 31.6 Å². The number of amides is 2. The number of nitrogens with one attached hydrogen (secondary N) is 3. The van der Waals surface area contributed by atoms with E-state index in [-0.39, 0.29) is 23.9 Å². The third-order valence-corrected chi connectivity index (χ3v) is 4.62. The molecule has 0 atom stereocenters. The first-order valence-electron chi connectivity index (χ1n) is 9.60. The number of anilines is 1. The van der Waals surface area contributed by atoms with Gasteiger partial charge in [0.15, 0.2) is 0 Å². The summed E-state index contributed by atoms with van der Waals surface area (Å²) in [6.45, 7) is 7.55. The van der Waals surface area contributed by atoms with Crippen LogP contribution in [0.1, 0.15) is 35.0 Å². The van der Waals surface area contributed by atoms with Crippen molar-refractivity contribution in [1.82, 2.24) is 25.1 Å². The van der Waals surface area contributed by atoms with E-state index in [0.717, 1.165) is 11.1 Å². The summed E-state index contributed by atoms with van der Waals surface area (Å²) in [6.07, 6.45) is 0.553. The van der Waals surface area contributed by atoms with Crippen LogP contribution in [0.25, 0.3) is 5.95 Å². The Kier molecular flexibility index (Phi) is 6.10. The molecular weight excluding hydrogens is 384 g/mol. The minimum Gasteiger partial charge on any atom is -0.344 e. The highest BCUT2D eigenvalue weighted by Gasteiger charge is 2.19. The van der Waals surface area contributed by atoms with Crippen molar-refractivity contribution in [2.45, 2.75) is 40.7 Å². The SMILES string of the molecule is CCc1c(C)nc(-n2nc(C)cc2NC(=O)C(=O)NCc2ccc(C)cc2)[nH]c1=O. The number of carbonyl (C=O) groups is 2. The van der Waals surface area contributed by atoms with Crippen LogP contribution in [-0.2, 0) is 22.6 Å². The van der Waals surface area contributed by atoms with E-state index in [2.05, 4.69) is 25.7 Å². The second-order valence-corrected chi connectivity index (χ2v) is 7.01. The summed E-state index contributed by atoms with van der Waals surface area (Å²) >= 11 is 0. The topological polar surface area (TPSA) is 122 Å². The number of rotatable bonds is 5. The van der Waals surface area contributed by atoms with Gasteiger partial charge in [0, 0.05) is 23.9 Å². The Balaban J connectivity index is 1.76. The predicted molar refractivity (Wildman–Crippen MR) is 112 cm³/mol. The van der Waals surface area contributed by atoms with E-state index in [1.807, 2.05) is 38.1 Å². The molecule has 0 fully saturated rings. The molecule has 0 saturated heterocycles. The van der Waals surface area contributed by atoms with Crippen molar-refractivity contribution in [2.75, 3.05) is 5.32 Å². The predicted octanol–water partition coefficient (Wildman–Crippen LogP) is 1.70. The first-order chi connectivity index (χ1) is 14.3. The maximum atomic E-state index is 12.4. The van der Waals surface area contributed by atoms with Crippen LogP contribution < -0.4 is 16.2 Å². The second kappa shape index (κ2) is 8.73. The maximum absolute atomic E-state index is 12.4. The van der Waals surface area contributed by atoms with E-state index in [0.29, 0.717) is 23.4 Å². The van der Waals surface area contributed by atoms with E-state index < -0.39 is 11.8 Å². The number of aromatic nitrogens is 4. The highest BCUT2D eigenvalue weighted by molar-refractivity contribution is 6.39. The van der Waals surface area contributed by atoms with E-state index in [9.17, 15) is 14.4 Å². The van der Waals surface area contributed by atoms with E-state index in [4.69, 9.17) is 0 Å². The average Bonchev–Trinajstić information content (AvgIpc) is 3.07. The normalized spacial score (nSPS) is 10.7. The van der Waals surface area contributed by atoms with Crippen LogP contribution >= 0.6 is 0 Å². The lowest BCUT2D eigenvalue weighted by Gasteiger charge is -2.10. The molecule has 1 aromatic carbocycles. The lowest BCUT2D eigenvalue weighted by Crippen LogP contribution is -2.35. The molecule has 9 nitrogen and oxygen atoms in total. The molecule has 2 amide bonds. The number of carbonyl (C=O) groups excluding carboxylic acids is 2. The molecule has 2 aromatic heterocycles. The Hall–Kier alpha value is -3.75. The molecule has 0 unspecified atom stereocenters. The van der Waals surface area contributed by atoms with Gasteiger partial charge in [0.25, 0.3) is 5.56 Å². The van der Waals surface area contributed by atoms with E-state index in [1.165, 1.54) is 4.68 Å². The number of benzene rings is 1. The van der Waals surface area contributed by atoms with Crippen LogP contribution in [0.5, 0.6) is 0 Å². The standard InChI is InChI=1S/C21H24N6O3/c1-5-16-14(4)23-21(25-18(16)28)27-17(10-13(3)26-27)24-20(30)19(29)22-11-15-8-6-12(2)7-9-15/h6-10H,5,11H2,1-4H3,(H,22,29)(H,24,30)(H,23,25,28). The summed E-state index contributed by atoms with van der Waals surface area (Å²) in [6, 6.07) is 9.23. The number of aryl methyl sites for hydroxylation is 3. The van der Waals surface area contributed by atoms with Crippen molar-refractivity contribution in [1.29, 1.82) is 0 Å². The summed E-state index contributed by atoms with van der Waals surface area (Å²) in [5, 5.41) is 9.38. The molecule has 0 aliphatic rings. The van der Waals surface area contributed by atoms with Gasteiger partial charge in [-0.3, -0.25) is 19.4 Å². The molecule has 0 spiro atoms. The maximum Gasteiger partial charge on any atom is 0.314 e. The van der Waals surface area contributed by atoms with Crippen LogP contribution in [0.15, 0.2) is 35.1 Å². The highest BCUT2D eigenvalue weighted by atomic mass is 16.2. The Morgan fingerprint density at radius 2 is 1.80 bits per heavy atom. The van der Waals surface area contributed by atoms with E-state index >= 15 is 0 Å². The fourth-order valence-electron chi connectivity index (χ4n) is 3.00. The van der Waals surface area contributed by atoms with Gasteiger partial charge in [-0.1, -0.05) is 36.8 Å². The summed E-state index contributed by atoms with van der Waals surface area (Å²) in [7, 11) is 0. The molecule has 9 heteroatoms. The van der Waals surface area contributed by atoms with Crippen LogP contribution in [0.4, 0.5) is 5.82 Å². The van der Waals surface area contributed by atoms with Crippen molar-refractivity contribution in [3.8, 4) is 5.95 Å². The first-order valence-corrected chi connectivity index (χ1v) is 9.60. The van der Waals surface area contributed by atoms with Gasteiger partial charge in [0.2, 0.25) is 5.95 Å². The van der Waals surface area contributed by atoms with Gasteiger partial charge in [0.05, 0.1) is 5.69 Å². The summed E-state index contributed by atoms with van der Waals surface area (Å²) in [5.41, 5.74) is 3.49. The molecule has 0 aliphatic carbocycles. The summed E-state index contributed by atoms with van der Waals surface area (Å²) < 4.78 is 1.30. The Bertz CT molecular complexity index is 1140. The number of hydrogen-bond donors (Lipinski definition) is 3. The van der Waals surface area contributed by atoms with Crippen molar-refractivity contribution in [2.24, 2.45) is 0 Å². The van der Waals surface area contributed by atoms with Crippen LogP contribution in [0.2, 0.25) is 0 Å². The fourth-order valence-corrected chi connectivity index (χ4v) is 3.00. The van der Waals surface area contributed by atoms with Crippen molar-refractivity contribution in [3.63, 3.8) is 0 Å². The third kappa shape index (κ3) is 4.62. The molecule has 0 bridgehead atoms. The summed E-state index contributed by atoms with van der Waals surface area (Å²) in [5.74, 6) is -1.22. The molecule has 30 heavy (non-hydrogen) atoms. The van der Waals surface area contributed by atoms with Gasteiger partial charge < -0.3 is 10.6 Å². The van der Waals surface area contributed by atoms with Crippen LogP contribution in [0, 0.1) is 20.8 Å². The van der Waals surface area contributed by atoms with Gasteiger partial charge in [0.1, 0.15) is 5.82 Å². The quantitative estimate of drug-likeness (QED) is 0.555. The minimum atomic E-state index is -0.840. The molecule has 156 valence electrons. The molecule has 2 heterocycles. The molecule has 0 saturated carbocycles. The molecule has 0 aliphatic heterocycles. The minimum absolute atomic E-state index is 0.165. The molecule has 3 N–H and O–H groups in total. The van der Waals surface area contributed by atoms with Gasteiger partial charge >= 0.3 is 11.8 Å². The lowest BCUT2D eigenvalue weighted by molar-refractivity contribution is -0.136. The fraction of sp³-hybridized carbons (Fsp3) is 0.286. The zero-order valence-corrected chi connectivity index (χ0v) is 17.4. The monoisotopic (exact) mass is 408 g/mol. The van der Waals surface area contributed by atoms with Crippen molar-refractivity contribution >= 4 is 17.6 Å². The highest BCUT2D eigenvalue weighted by Crippen LogP contribution is 2.14. The number of hydrogen-bond acceptors (Lipinski definition) is 5. The average molecular weight is 408 g/mol. The Morgan fingerprint density at radius 3 is 2.43 bits per heavy atom. The second-order valence-electron chi connectivity index (χ2n) is 7.01. The molecular formula is C21H24N6O3. The Labute approximate surface area is 173 Å². The summed E-state index contributed by atoms with van der Waals surface area (Å²) in [4.78, 5) is 43.9. The van der Waals surface area contributed by atoms with Crippen molar-refractivity contribution in [3.05, 3.63) is 68.8 Å². The first kappa shape index (κ1) is 21.0. The lowest BCUT2D eigenvalue weighted by atomic mass is 10.1. The van der Waals surface area contributed by atoms with Gasteiger partial charge in [-0.2, -0.15) is 9.78 Å².